The van der Waals surface area contributed by atoms with Crippen LogP contribution >= 0.6 is 11.6 Å². The monoisotopic (exact) mass is 265 g/mol. The van der Waals surface area contributed by atoms with Gasteiger partial charge in [0.25, 0.3) is 0 Å². The first kappa shape index (κ1) is 13.6. The highest BCUT2D eigenvalue weighted by Gasteiger charge is 2.37. The van der Waals surface area contributed by atoms with Crippen molar-refractivity contribution >= 4 is 17.4 Å². The van der Waals surface area contributed by atoms with E-state index in [-0.39, 0.29) is 5.78 Å². The number of rotatable bonds is 3. The third-order valence-electron chi connectivity index (χ3n) is 3.84. The first-order valence-electron chi connectivity index (χ1n) is 6.56. The van der Waals surface area contributed by atoms with Crippen LogP contribution in [0.25, 0.3) is 0 Å². The minimum atomic E-state index is -0.625. The van der Waals surface area contributed by atoms with E-state index in [0.29, 0.717) is 17.4 Å². The zero-order valence-corrected chi connectivity index (χ0v) is 11.5. The van der Waals surface area contributed by atoms with Crippen LogP contribution in [0.2, 0.25) is 5.02 Å². The van der Waals surface area contributed by atoms with E-state index in [0.717, 1.165) is 24.8 Å². The Hall–Kier alpha value is -0.860. The normalized spacial score (nSPS) is 28.1. The molecule has 2 nitrogen and oxygen atoms in total. The maximum Gasteiger partial charge on any atom is 0.157 e. The Kier molecular flexibility index (Phi) is 4.08. The molecule has 0 spiro atoms. The molecule has 0 radical (unpaired) electrons. The molecule has 1 aliphatic rings. The molecule has 0 amide bonds. The zero-order chi connectivity index (χ0) is 13.2. The van der Waals surface area contributed by atoms with Gasteiger partial charge in [-0.3, -0.25) is 4.79 Å². The number of hydrogen-bond acceptors (Lipinski definition) is 2. The molecule has 1 saturated carbocycles. The van der Waals surface area contributed by atoms with Crippen LogP contribution in [-0.4, -0.2) is 11.3 Å². The largest absolute Gasteiger partial charge is 0.319 e. The Labute approximate surface area is 114 Å². The summed E-state index contributed by atoms with van der Waals surface area (Å²) in [5.41, 5.74) is 6.63. The molecule has 1 aromatic carbocycles. The molecular weight excluding hydrogens is 246 g/mol. The molecule has 0 aliphatic heterocycles. The van der Waals surface area contributed by atoms with Gasteiger partial charge in [-0.05, 0) is 36.5 Å². The van der Waals surface area contributed by atoms with E-state index in [1.54, 1.807) is 0 Å². The topological polar surface area (TPSA) is 43.1 Å². The zero-order valence-electron chi connectivity index (χ0n) is 10.8. The van der Waals surface area contributed by atoms with Crippen molar-refractivity contribution in [3.8, 4) is 0 Å². The quantitative estimate of drug-likeness (QED) is 0.911. The van der Waals surface area contributed by atoms with Crippen LogP contribution in [0.4, 0.5) is 0 Å². The fourth-order valence-electron chi connectivity index (χ4n) is 2.85. The molecule has 2 atom stereocenters. The minimum Gasteiger partial charge on any atom is -0.319 e. The second kappa shape index (κ2) is 5.41. The number of carbonyl (C=O) groups is 1. The first-order chi connectivity index (χ1) is 8.49. The SMILES string of the molecule is CC1CCCC(N)(C(=O)Cc2cccc(Cl)c2)C1. The second-order valence-electron chi connectivity index (χ2n) is 5.59. The molecule has 2 N–H and O–H groups in total. The van der Waals surface area contributed by atoms with Gasteiger partial charge in [-0.2, -0.15) is 0 Å². The summed E-state index contributed by atoms with van der Waals surface area (Å²) in [6.45, 7) is 2.17. The molecule has 1 fully saturated rings. The molecule has 1 aliphatic carbocycles. The van der Waals surface area contributed by atoms with Crippen LogP contribution in [-0.2, 0) is 11.2 Å². The van der Waals surface area contributed by atoms with Gasteiger partial charge in [0.15, 0.2) is 5.78 Å². The van der Waals surface area contributed by atoms with Gasteiger partial charge in [-0.15, -0.1) is 0 Å². The van der Waals surface area contributed by atoms with Crippen molar-refractivity contribution in [3.63, 3.8) is 0 Å². The lowest BCUT2D eigenvalue weighted by Crippen LogP contribution is -2.51. The highest BCUT2D eigenvalue weighted by molar-refractivity contribution is 6.30. The molecule has 2 unspecified atom stereocenters. The van der Waals surface area contributed by atoms with Gasteiger partial charge in [0.1, 0.15) is 0 Å². The van der Waals surface area contributed by atoms with Gasteiger partial charge in [-0.1, -0.05) is 43.5 Å². The Bertz CT molecular complexity index is 446. The number of ketones is 1. The van der Waals surface area contributed by atoms with Gasteiger partial charge >= 0.3 is 0 Å². The average molecular weight is 266 g/mol. The summed E-state index contributed by atoms with van der Waals surface area (Å²) in [4.78, 5) is 12.4. The molecule has 0 aromatic heterocycles. The predicted molar refractivity (Wildman–Crippen MR) is 74.7 cm³/mol. The second-order valence-corrected chi connectivity index (χ2v) is 6.02. The molecule has 18 heavy (non-hydrogen) atoms. The smallest absolute Gasteiger partial charge is 0.157 e. The number of hydrogen-bond donors (Lipinski definition) is 1. The maximum atomic E-state index is 12.4. The maximum absolute atomic E-state index is 12.4. The van der Waals surface area contributed by atoms with Gasteiger partial charge in [-0.25, -0.2) is 0 Å². The van der Waals surface area contributed by atoms with Crippen molar-refractivity contribution in [2.45, 2.75) is 44.6 Å². The molecule has 0 saturated heterocycles. The summed E-state index contributed by atoms with van der Waals surface area (Å²) in [5.74, 6) is 0.698. The van der Waals surface area contributed by atoms with Crippen molar-refractivity contribution < 1.29 is 4.79 Å². The predicted octanol–water partition coefficient (Wildman–Crippen LogP) is 3.36. The van der Waals surface area contributed by atoms with E-state index in [1.165, 1.54) is 6.42 Å². The van der Waals surface area contributed by atoms with Crippen LogP contribution in [0.15, 0.2) is 24.3 Å². The van der Waals surface area contributed by atoms with Gasteiger partial charge in [0.2, 0.25) is 0 Å². The molecular formula is C15H20ClNO. The highest BCUT2D eigenvalue weighted by Crippen LogP contribution is 2.31. The summed E-state index contributed by atoms with van der Waals surface area (Å²) in [5, 5.41) is 0.670. The van der Waals surface area contributed by atoms with Crippen molar-refractivity contribution in [2.75, 3.05) is 0 Å². The van der Waals surface area contributed by atoms with Crippen molar-refractivity contribution in [1.29, 1.82) is 0 Å². The summed E-state index contributed by atoms with van der Waals surface area (Å²) in [6.07, 6.45) is 4.26. The molecule has 0 heterocycles. The average Bonchev–Trinajstić information content (AvgIpc) is 2.28. The lowest BCUT2D eigenvalue weighted by atomic mass is 9.73. The Balaban J connectivity index is 2.07. The summed E-state index contributed by atoms with van der Waals surface area (Å²) in [6, 6.07) is 7.46. The Morgan fingerprint density at radius 1 is 1.56 bits per heavy atom. The lowest BCUT2D eigenvalue weighted by Gasteiger charge is -2.35. The fraction of sp³-hybridized carbons (Fsp3) is 0.533. The molecule has 3 heteroatoms. The summed E-state index contributed by atoms with van der Waals surface area (Å²) < 4.78 is 0. The van der Waals surface area contributed by atoms with E-state index in [1.807, 2.05) is 24.3 Å². The van der Waals surface area contributed by atoms with Crippen LogP contribution in [0.5, 0.6) is 0 Å². The highest BCUT2D eigenvalue weighted by atomic mass is 35.5. The first-order valence-corrected chi connectivity index (χ1v) is 6.94. The Morgan fingerprint density at radius 2 is 2.33 bits per heavy atom. The number of benzene rings is 1. The van der Waals surface area contributed by atoms with E-state index in [2.05, 4.69) is 6.92 Å². The number of nitrogens with two attached hydrogens (primary N) is 1. The van der Waals surface area contributed by atoms with Crippen LogP contribution in [0.3, 0.4) is 0 Å². The van der Waals surface area contributed by atoms with E-state index >= 15 is 0 Å². The van der Waals surface area contributed by atoms with Gasteiger partial charge in [0.05, 0.1) is 5.54 Å². The number of halogens is 1. The number of carbonyl (C=O) groups excluding carboxylic acids is 1. The van der Waals surface area contributed by atoms with Gasteiger partial charge < -0.3 is 5.73 Å². The molecule has 2 rings (SSSR count). The molecule has 0 bridgehead atoms. The van der Waals surface area contributed by atoms with Crippen molar-refractivity contribution in [1.82, 2.24) is 0 Å². The van der Waals surface area contributed by atoms with E-state index in [4.69, 9.17) is 17.3 Å². The third-order valence-corrected chi connectivity index (χ3v) is 4.08. The summed E-state index contributed by atoms with van der Waals surface area (Å²) >= 11 is 5.93. The van der Waals surface area contributed by atoms with Crippen LogP contribution in [0.1, 0.15) is 38.2 Å². The number of Topliss-reactive ketones (excluding diaryl/α,β-unsaturated/α-hetero) is 1. The van der Waals surface area contributed by atoms with Crippen LogP contribution < -0.4 is 5.73 Å². The summed E-state index contributed by atoms with van der Waals surface area (Å²) in [7, 11) is 0. The Morgan fingerprint density at radius 3 is 3.00 bits per heavy atom. The van der Waals surface area contributed by atoms with E-state index in [9.17, 15) is 4.79 Å². The van der Waals surface area contributed by atoms with E-state index < -0.39 is 5.54 Å². The minimum absolute atomic E-state index is 0.149. The van der Waals surface area contributed by atoms with Crippen LogP contribution in [0, 0.1) is 5.92 Å². The third kappa shape index (κ3) is 3.12. The fourth-order valence-corrected chi connectivity index (χ4v) is 3.07. The van der Waals surface area contributed by atoms with Gasteiger partial charge in [0, 0.05) is 11.4 Å². The standard InChI is InChI=1S/C15H20ClNO/c1-11-4-3-7-15(17,10-11)14(18)9-12-5-2-6-13(16)8-12/h2,5-6,8,11H,3-4,7,9-10,17H2,1H3. The lowest BCUT2D eigenvalue weighted by molar-refractivity contribution is -0.125. The molecule has 98 valence electrons. The molecule has 1 aromatic rings. The van der Waals surface area contributed by atoms with Crippen molar-refractivity contribution in [2.24, 2.45) is 11.7 Å². The van der Waals surface area contributed by atoms with Crippen molar-refractivity contribution in [3.05, 3.63) is 34.9 Å².